The summed E-state index contributed by atoms with van der Waals surface area (Å²) < 4.78 is 5.65. The molecule has 0 saturated carbocycles. The van der Waals surface area contributed by atoms with E-state index in [4.69, 9.17) is 4.42 Å². The Bertz CT molecular complexity index is 836. The van der Waals surface area contributed by atoms with Crippen molar-refractivity contribution in [2.45, 2.75) is 18.9 Å². The molecule has 3 aromatic rings. The molecule has 2 aromatic heterocycles. The first kappa shape index (κ1) is 17.1. The molecule has 5 heteroatoms. The van der Waals surface area contributed by atoms with Gasteiger partial charge in [-0.15, -0.1) is 11.3 Å². The first-order valence-electron chi connectivity index (χ1n) is 9.12. The fourth-order valence-corrected chi connectivity index (χ4v) is 4.55. The van der Waals surface area contributed by atoms with Crippen molar-refractivity contribution >= 4 is 17.2 Å². The summed E-state index contributed by atoms with van der Waals surface area (Å²) in [5.41, 5.74) is 2.07. The maximum atomic E-state index is 12.8. The summed E-state index contributed by atoms with van der Waals surface area (Å²) in [6.07, 6.45) is 4.19. The van der Waals surface area contributed by atoms with Crippen LogP contribution in [0.2, 0.25) is 0 Å². The van der Waals surface area contributed by atoms with Gasteiger partial charge in [-0.05, 0) is 29.1 Å². The zero-order valence-corrected chi connectivity index (χ0v) is 15.4. The normalized spacial score (nSPS) is 15.8. The average Bonchev–Trinajstić information content (AvgIpc) is 3.44. The number of carbonyl (C=O) groups is 1. The van der Waals surface area contributed by atoms with E-state index in [2.05, 4.69) is 5.32 Å². The van der Waals surface area contributed by atoms with E-state index in [9.17, 15) is 4.79 Å². The smallest absolute Gasteiger partial charge is 0.262 e. The minimum Gasteiger partial charge on any atom is -0.463 e. The van der Waals surface area contributed by atoms with E-state index >= 15 is 0 Å². The topological polar surface area (TPSA) is 46.7 Å². The number of benzene rings is 1. The van der Waals surface area contributed by atoms with Gasteiger partial charge in [0.25, 0.3) is 5.91 Å². The number of likely N-dealkylation sites (tertiary alicyclic amines) is 1. The molecule has 134 valence electrons. The zero-order chi connectivity index (χ0) is 17.8. The molecule has 2 N–H and O–H groups in total. The highest BCUT2D eigenvalue weighted by Gasteiger charge is 2.30. The lowest BCUT2D eigenvalue weighted by molar-refractivity contribution is -0.919. The van der Waals surface area contributed by atoms with Gasteiger partial charge in [-0.3, -0.25) is 4.79 Å². The molecule has 0 unspecified atom stereocenters. The summed E-state index contributed by atoms with van der Waals surface area (Å²) in [6, 6.07) is 16.2. The van der Waals surface area contributed by atoms with Crippen LogP contribution in [0.4, 0.5) is 0 Å². The van der Waals surface area contributed by atoms with Crippen molar-refractivity contribution in [1.82, 2.24) is 5.32 Å². The van der Waals surface area contributed by atoms with Crippen molar-refractivity contribution in [2.75, 3.05) is 19.6 Å². The SMILES string of the molecule is O=C(NC[C@H](c1ccco1)[NH+]1CCCC1)c1sccc1-c1ccccc1. The number of nitrogens with one attached hydrogen (secondary N) is 2. The van der Waals surface area contributed by atoms with E-state index < -0.39 is 0 Å². The summed E-state index contributed by atoms with van der Waals surface area (Å²) >= 11 is 1.49. The van der Waals surface area contributed by atoms with Crippen LogP contribution >= 0.6 is 11.3 Å². The van der Waals surface area contributed by atoms with Crippen molar-refractivity contribution in [3.05, 3.63) is 70.8 Å². The van der Waals surface area contributed by atoms with E-state index in [1.807, 2.05) is 53.9 Å². The Kier molecular flexibility index (Phi) is 5.18. The molecule has 1 amide bonds. The van der Waals surface area contributed by atoms with Gasteiger partial charge in [0.15, 0.2) is 11.8 Å². The third kappa shape index (κ3) is 3.59. The number of quaternary nitrogens is 1. The molecule has 3 heterocycles. The highest BCUT2D eigenvalue weighted by Crippen LogP contribution is 2.28. The van der Waals surface area contributed by atoms with Gasteiger partial charge >= 0.3 is 0 Å². The second-order valence-corrected chi connectivity index (χ2v) is 7.59. The maximum absolute atomic E-state index is 12.8. The van der Waals surface area contributed by atoms with Gasteiger partial charge in [0.2, 0.25) is 0 Å². The Morgan fingerprint density at radius 2 is 1.92 bits per heavy atom. The van der Waals surface area contributed by atoms with E-state index in [0.29, 0.717) is 6.54 Å². The summed E-state index contributed by atoms with van der Waals surface area (Å²) in [6.45, 7) is 2.86. The predicted octanol–water partition coefficient (Wildman–Crippen LogP) is 3.16. The molecular weight excluding hydrogens is 344 g/mol. The van der Waals surface area contributed by atoms with Crippen molar-refractivity contribution in [3.63, 3.8) is 0 Å². The molecule has 1 atom stereocenters. The van der Waals surface area contributed by atoms with Gasteiger partial charge in [0.1, 0.15) is 0 Å². The molecule has 1 aliphatic rings. The lowest BCUT2D eigenvalue weighted by atomic mass is 10.1. The fraction of sp³-hybridized carbons (Fsp3) is 0.286. The van der Waals surface area contributed by atoms with Crippen LogP contribution in [0, 0.1) is 0 Å². The zero-order valence-electron chi connectivity index (χ0n) is 14.6. The number of furan rings is 1. The van der Waals surface area contributed by atoms with Gasteiger partial charge in [0, 0.05) is 18.4 Å². The molecule has 1 aliphatic heterocycles. The van der Waals surface area contributed by atoms with Crippen molar-refractivity contribution in [2.24, 2.45) is 0 Å². The number of hydrogen-bond donors (Lipinski definition) is 2. The maximum Gasteiger partial charge on any atom is 0.262 e. The van der Waals surface area contributed by atoms with Crippen LogP contribution < -0.4 is 10.2 Å². The molecule has 1 saturated heterocycles. The minimum atomic E-state index is -0.00555. The van der Waals surface area contributed by atoms with Gasteiger partial charge in [-0.1, -0.05) is 30.3 Å². The predicted molar refractivity (Wildman–Crippen MR) is 103 cm³/mol. The van der Waals surface area contributed by atoms with Crippen LogP contribution in [0.3, 0.4) is 0 Å². The molecule has 0 bridgehead atoms. The van der Waals surface area contributed by atoms with E-state index in [0.717, 1.165) is 34.9 Å². The Balaban J connectivity index is 1.49. The molecule has 0 radical (unpaired) electrons. The lowest BCUT2D eigenvalue weighted by Gasteiger charge is -2.23. The van der Waals surface area contributed by atoms with E-state index in [1.54, 1.807) is 6.26 Å². The van der Waals surface area contributed by atoms with Crippen molar-refractivity contribution < 1.29 is 14.1 Å². The van der Waals surface area contributed by atoms with Crippen LogP contribution in [0.5, 0.6) is 0 Å². The molecule has 4 rings (SSSR count). The molecule has 1 fully saturated rings. The molecular formula is C21H23N2O2S+. The highest BCUT2D eigenvalue weighted by molar-refractivity contribution is 7.12. The molecule has 1 aromatic carbocycles. The fourth-order valence-electron chi connectivity index (χ4n) is 3.72. The molecule has 4 nitrogen and oxygen atoms in total. The number of hydrogen-bond acceptors (Lipinski definition) is 3. The van der Waals surface area contributed by atoms with Crippen molar-refractivity contribution in [1.29, 1.82) is 0 Å². The summed E-state index contributed by atoms with van der Waals surface area (Å²) in [4.78, 5) is 15.1. The van der Waals surface area contributed by atoms with Crippen LogP contribution in [0.25, 0.3) is 11.1 Å². The van der Waals surface area contributed by atoms with E-state index in [-0.39, 0.29) is 11.9 Å². The second-order valence-electron chi connectivity index (χ2n) is 6.67. The number of thiophene rings is 1. The number of carbonyl (C=O) groups excluding carboxylic acids is 1. The van der Waals surface area contributed by atoms with Crippen molar-refractivity contribution in [3.8, 4) is 11.1 Å². The largest absolute Gasteiger partial charge is 0.463 e. The van der Waals surface area contributed by atoms with Crippen LogP contribution in [0.15, 0.2) is 64.6 Å². The van der Waals surface area contributed by atoms with E-state index in [1.165, 1.54) is 29.1 Å². The van der Waals surface area contributed by atoms with Gasteiger partial charge in [0.05, 0.1) is 30.8 Å². The van der Waals surface area contributed by atoms with Crippen LogP contribution in [-0.4, -0.2) is 25.5 Å². The third-order valence-corrected chi connectivity index (χ3v) is 5.96. The average molecular weight is 367 g/mol. The molecule has 0 spiro atoms. The summed E-state index contributed by atoms with van der Waals surface area (Å²) in [5.74, 6) is 0.950. The van der Waals surface area contributed by atoms with Gasteiger partial charge in [-0.25, -0.2) is 0 Å². The second kappa shape index (κ2) is 7.89. The molecule has 26 heavy (non-hydrogen) atoms. The Hall–Kier alpha value is -2.37. The third-order valence-electron chi connectivity index (χ3n) is 5.05. The van der Waals surface area contributed by atoms with Crippen LogP contribution in [0.1, 0.15) is 34.3 Å². The monoisotopic (exact) mass is 367 g/mol. The number of amides is 1. The Morgan fingerprint density at radius 1 is 1.12 bits per heavy atom. The lowest BCUT2D eigenvalue weighted by Crippen LogP contribution is -3.11. The Labute approximate surface area is 157 Å². The quantitative estimate of drug-likeness (QED) is 0.703. The number of rotatable bonds is 6. The standard InChI is InChI=1S/C21H22N2O2S/c24-21(20-17(10-14-26-20)16-7-2-1-3-8-16)22-15-18(19-9-6-13-25-19)23-11-4-5-12-23/h1-3,6-10,13-14,18H,4-5,11-12,15H2,(H,22,24)/p+1/t18-/m1/s1. The Morgan fingerprint density at radius 3 is 2.65 bits per heavy atom. The highest BCUT2D eigenvalue weighted by atomic mass is 32.1. The first-order chi connectivity index (χ1) is 12.8. The van der Waals surface area contributed by atoms with Gasteiger partial charge in [-0.2, -0.15) is 0 Å². The minimum absolute atomic E-state index is 0.00555. The van der Waals surface area contributed by atoms with Gasteiger partial charge < -0.3 is 14.6 Å². The summed E-state index contributed by atoms with van der Waals surface area (Å²) in [7, 11) is 0. The summed E-state index contributed by atoms with van der Waals surface area (Å²) in [5, 5.41) is 5.13. The van der Waals surface area contributed by atoms with Crippen LogP contribution in [-0.2, 0) is 0 Å². The first-order valence-corrected chi connectivity index (χ1v) is 10.00. The molecule has 0 aliphatic carbocycles.